The van der Waals surface area contributed by atoms with Crippen molar-refractivity contribution in [1.82, 2.24) is 20.4 Å². The van der Waals surface area contributed by atoms with E-state index >= 15 is 0 Å². The monoisotopic (exact) mass is 423 g/mol. The lowest BCUT2D eigenvalue weighted by Crippen LogP contribution is -2.31. The van der Waals surface area contributed by atoms with Crippen molar-refractivity contribution in [3.8, 4) is 0 Å². The molecule has 1 amide bonds. The lowest BCUT2D eigenvalue weighted by atomic mass is 10.2. The summed E-state index contributed by atoms with van der Waals surface area (Å²) in [5, 5.41) is 14.4. The fraction of sp³-hybridized carbons (Fsp3) is 0.105. The van der Waals surface area contributed by atoms with Crippen LogP contribution in [0.25, 0.3) is 0 Å². The lowest BCUT2D eigenvalue weighted by Gasteiger charge is -2.11. The van der Waals surface area contributed by atoms with Crippen molar-refractivity contribution >= 4 is 34.9 Å². The average molecular weight is 423 g/mol. The molecule has 0 bridgehead atoms. The first-order chi connectivity index (χ1) is 15.0. The maximum absolute atomic E-state index is 12.1. The van der Waals surface area contributed by atoms with Gasteiger partial charge in [-0.15, -0.1) is 0 Å². The fourth-order valence-electron chi connectivity index (χ4n) is 2.49. The van der Waals surface area contributed by atoms with E-state index in [-0.39, 0.29) is 29.5 Å². The van der Waals surface area contributed by atoms with Gasteiger partial charge in [0.2, 0.25) is 11.6 Å². The van der Waals surface area contributed by atoms with Crippen molar-refractivity contribution in [2.24, 2.45) is 0 Å². The van der Waals surface area contributed by atoms with Crippen LogP contribution < -0.4 is 16.2 Å². The zero-order valence-corrected chi connectivity index (χ0v) is 16.2. The molecule has 0 atom stereocenters. The molecule has 0 fully saturated rings. The van der Waals surface area contributed by atoms with Gasteiger partial charge in [0.1, 0.15) is 12.0 Å². The Hall–Kier alpha value is -4.61. The number of esters is 1. The quantitative estimate of drug-likeness (QED) is 0.279. The van der Waals surface area contributed by atoms with Gasteiger partial charge in [-0.1, -0.05) is 12.1 Å². The Bertz CT molecular complexity index is 1110. The van der Waals surface area contributed by atoms with Crippen LogP contribution in [0.4, 0.5) is 23.0 Å². The third-order valence-electron chi connectivity index (χ3n) is 3.83. The number of anilines is 3. The molecule has 1 aromatic carbocycles. The predicted octanol–water partition coefficient (Wildman–Crippen LogP) is 2.46. The summed E-state index contributed by atoms with van der Waals surface area (Å²) in [6, 6.07) is 11.0. The third-order valence-corrected chi connectivity index (χ3v) is 3.83. The molecule has 2 heterocycles. The van der Waals surface area contributed by atoms with Crippen LogP contribution in [0, 0.1) is 10.1 Å². The summed E-state index contributed by atoms with van der Waals surface area (Å²) in [4.78, 5) is 46.6. The lowest BCUT2D eigenvalue weighted by molar-refractivity contribution is -0.383. The minimum absolute atomic E-state index is 0.112. The van der Waals surface area contributed by atoms with Gasteiger partial charge in [0.25, 0.3) is 5.91 Å². The van der Waals surface area contributed by atoms with E-state index in [4.69, 9.17) is 4.74 Å². The first-order valence-electron chi connectivity index (χ1n) is 9.00. The van der Waals surface area contributed by atoms with Gasteiger partial charge in [-0.05, 0) is 37.3 Å². The summed E-state index contributed by atoms with van der Waals surface area (Å²) in [5.74, 6) is -1.52. The van der Waals surface area contributed by atoms with Gasteiger partial charge in [0.15, 0.2) is 0 Å². The smallest absolute Gasteiger partial charge is 0.355 e. The van der Waals surface area contributed by atoms with Crippen molar-refractivity contribution in [2.45, 2.75) is 6.92 Å². The van der Waals surface area contributed by atoms with E-state index < -0.39 is 22.5 Å². The van der Waals surface area contributed by atoms with Gasteiger partial charge in [-0.2, -0.15) is 0 Å². The van der Waals surface area contributed by atoms with Gasteiger partial charge >= 0.3 is 11.7 Å². The van der Waals surface area contributed by atoms with Crippen LogP contribution >= 0.6 is 0 Å². The van der Waals surface area contributed by atoms with E-state index in [0.29, 0.717) is 5.69 Å². The van der Waals surface area contributed by atoms with Crippen molar-refractivity contribution in [1.29, 1.82) is 0 Å². The molecular weight excluding hydrogens is 406 g/mol. The first kappa shape index (κ1) is 21.1. The molecule has 3 N–H and O–H groups in total. The standard InChI is InChI=1S/C19H17N7O5/c1-2-31-19(28)12-6-5-7-13(10-12)23-16-15(26(29)30)17(22-11-21-16)24-25-18(27)14-8-3-4-9-20-14/h3-11H,2H2,1H3,(H,25,27)(H2,21,22,23,24). The van der Waals surface area contributed by atoms with E-state index in [1.807, 2.05) is 0 Å². The molecule has 0 aliphatic carbocycles. The number of ether oxygens (including phenoxy) is 1. The zero-order valence-electron chi connectivity index (χ0n) is 16.2. The van der Waals surface area contributed by atoms with Crippen LogP contribution in [0.2, 0.25) is 0 Å². The summed E-state index contributed by atoms with van der Waals surface area (Å²) >= 11 is 0. The molecule has 3 rings (SSSR count). The Kier molecular flexibility index (Phi) is 6.63. The molecular formula is C19H17N7O5. The Morgan fingerprint density at radius 1 is 1.10 bits per heavy atom. The molecule has 2 aromatic heterocycles. The third kappa shape index (κ3) is 5.26. The Morgan fingerprint density at radius 3 is 2.61 bits per heavy atom. The number of amides is 1. The number of hydrogen-bond donors (Lipinski definition) is 3. The normalized spacial score (nSPS) is 10.1. The second-order valence-corrected chi connectivity index (χ2v) is 5.90. The van der Waals surface area contributed by atoms with Crippen LogP contribution in [0.15, 0.2) is 55.0 Å². The topological polar surface area (TPSA) is 161 Å². The van der Waals surface area contributed by atoms with Gasteiger partial charge in [-0.3, -0.25) is 30.7 Å². The molecule has 0 saturated heterocycles. The number of hydrazine groups is 1. The highest BCUT2D eigenvalue weighted by molar-refractivity contribution is 5.93. The molecule has 0 unspecified atom stereocenters. The molecule has 12 nitrogen and oxygen atoms in total. The molecule has 0 radical (unpaired) electrons. The first-order valence-corrected chi connectivity index (χ1v) is 9.00. The summed E-state index contributed by atoms with van der Waals surface area (Å²) < 4.78 is 4.95. The Balaban J connectivity index is 1.82. The van der Waals surface area contributed by atoms with E-state index in [9.17, 15) is 19.7 Å². The van der Waals surface area contributed by atoms with Gasteiger partial charge in [-0.25, -0.2) is 14.8 Å². The van der Waals surface area contributed by atoms with Crippen LogP contribution in [0.1, 0.15) is 27.8 Å². The average Bonchev–Trinajstić information content (AvgIpc) is 2.78. The number of carbonyl (C=O) groups excluding carboxylic acids is 2. The summed E-state index contributed by atoms with van der Waals surface area (Å²) in [7, 11) is 0. The maximum Gasteiger partial charge on any atom is 0.355 e. The van der Waals surface area contributed by atoms with Crippen LogP contribution in [0.3, 0.4) is 0 Å². The molecule has 0 aliphatic rings. The largest absolute Gasteiger partial charge is 0.462 e. The van der Waals surface area contributed by atoms with Crippen molar-refractivity contribution in [2.75, 3.05) is 17.3 Å². The molecule has 0 saturated carbocycles. The maximum atomic E-state index is 12.1. The summed E-state index contributed by atoms with van der Waals surface area (Å²) in [6.07, 6.45) is 2.52. The highest BCUT2D eigenvalue weighted by Crippen LogP contribution is 2.31. The summed E-state index contributed by atoms with van der Waals surface area (Å²) in [6.45, 7) is 1.90. The van der Waals surface area contributed by atoms with Crippen LogP contribution in [-0.4, -0.2) is 38.4 Å². The number of aromatic nitrogens is 3. The number of pyridine rings is 1. The van der Waals surface area contributed by atoms with Crippen molar-refractivity contribution in [3.05, 3.63) is 76.4 Å². The SMILES string of the molecule is CCOC(=O)c1cccc(Nc2ncnc(NNC(=O)c3ccccn3)c2[N+](=O)[O-])c1. The molecule has 0 spiro atoms. The second kappa shape index (κ2) is 9.73. The predicted molar refractivity (Wildman–Crippen MR) is 110 cm³/mol. The van der Waals surface area contributed by atoms with Crippen LogP contribution in [-0.2, 0) is 4.74 Å². The fourth-order valence-corrected chi connectivity index (χ4v) is 2.49. The minimum atomic E-state index is -0.702. The van der Waals surface area contributed by atoms with Crippen LogP contribution in [0.5, 0.6) is 0 Å². The number of nitrogens with one attached hydrogen (secondary N) is 3. The Morgan fingerprint density at radius 2 is 1.90 bits per heavy atom. The number of benzene rings is 1. The minimum Gasteiger partial charge on any atom is -0.462 e. The Labute approximate surface area is 175 Å². The molecule has 158 valence electrons. The van der Waals surface area contributed by atoms with E-state index in [1.54, 1.807) is 37.3 Å². The number of nitro groups is 1. The van der Waals surface area contributed by atoms with Gasteiger partial charge in [0.05, 0.1) is 17.1 Å². The number of carbonyl (C=O) groups is 2. The molecule has 31 heavy (non-hydrogen) atoms. The van der Waals surface area contributed by atoms with Crippen molar-refractivity contribution < 1.29 is 19.2 Å². The number of hydrogen-bond acceptors (Lipinski definition) is 10. The molecule has 3 aromatic rings. The highest BCUT2D eigenvalue weighted by atomic mass is 16.6. The van der Waals surface area contributed by atoms with Gasteiger partial charge < -0.3 is 10.1 Å². The second-order valence-electron chi connectivity index (χ2n) is 5.90. The van der Waals surface area contributed by atoms with Crippen molar-refractivity contribution in [3.63, 3.8) is 0 Å². The van der Waals surface area contributed by atoms with Gasteiger partial charge in [0, 0.05) is 11.9 Å². The van der Waals surface area contributed by atoms with E-state index in [0.717, 1.165) is 6.33 Å². The molecule has 12 heteroatoms. The zero-order chi connectivity index (χ0) is 22.2. The van der Waals surface area contributed by atoms with E-state index in [1.165, 1.54) is 18.3 Å². The van der Waals surface area contributed by atoms with E-state index in [2.05, 4.69) is 31.1 Å². The molecule has 0 aliphatic heterocycles. The summed E-state index contributed by atoms with van der Waals surface area (Å²) in [5.41, 5.74) is 4.97. The number of nitrogens with zero attached hydrogens (tertiary/aromatic N) is 4. The number of rotatable bonds is 8. The highest BCUT2D eigenvalue weighted by Gasteiger charge is 2.24.